The van der Waals surface area contributed by atoms with Crippen LogP contribution in [-0.4, -0.2) is 59.9 Å². The van der Waals surface area contributed by atoms with E-state index in [2.05, 4.69) is 52.6 Å². The first-order valence-electron chi connectivity index (χ1n) is 9.00. The van der Waals surface area contributed by atoms with Crippen LogP contribution in [0.1, 0.15) is 20.3 Å². The maximum atomic E-state index is 4.32. The number of guanidine groups is 1. The Labute approximate surface area is 152 Å². The van der Waals surface area contributed by atoms with Crippen LogP contribution in [0.15, 0.2) is 48.8 Å². The highest BCUT2D eigenvalue weighted by Crippen LogP contribution is 2.10. The first kappa shape index (κ1) is 21.0. The fourth-order valence-corrected chi connectivity index (χ4v) is 2.77. The Morgan fingerprint density at radius 3 is 2.52 bits per heavy atom. The highest BCUT2D eigenvalue weighted by Gasteiger charge is 2.20. The first-order valence-corrected chi connectivity index (χ1v) is 9.00. The molecular weight excluding hydrogens is 312 g/mol. The van der Waals surface area contributed by atoms with Crippen molar-refractivity contribution < 1.29 is 0 Å². The van der Waals surface area contributed by atoms with E-state index in [4.69, 9.17) is 0 Å². The Kier molecular flexibility index (Phi) is 10.3. The van der Waals surface area contributed by atoms with Crippen molar-refractivity contribution in [2.75, 3.05) is 33.2 Å². The molecule has 2 N–H and O–H groups in total. The van der Waals surface area contributed by atoms with E-state index < -0.39 is 0 Å². The van der Waals surface area contributed by atoms with Gasteiger partial charge in [0.05, 0.1) is 0 Å². The largest absolute Gasteiger partial charge is 0.356 e. The smallest absolute Gasteiger partial charge is 0.191 e. The summed E-state index contributed by atoms with van der Waals surface area (Å²) in [5, 5.41) is 11.0. The molecule has 6 nitrogen and oxygen atoms in total. The lowest BCUT2D eigenvalue weighted by atomic mass is 10.0. The Morgan fingerprint density at radius 2 is 2.00 bits per heavy atom. The van der Waals surface area contributed by atoms with E-state index in [1.54, 1.807) is 13.2 Å². The standard InChI is InChI=1S/C19H34N6/c1-6-12-24(13-7-2)18(17(3)4)16-22-19(20-5)21-10-8-14-25-15-9-11-23-25/h6-7,9,11,15,17-18H,1-2,8,10,12-14,16H2,3-5H3,(H2,20,21,22). The summed E-state index contributed by atoms with van der Waals surface area (Å²) in [5.41, 5.74) is 0. The van der Waals surface area contributed by atoms with Crippen LogP contribution >= 0.6 is 0 Å². The van der Waals surface area contributed by atoms with Gasteiger partial charge >= 0.3 is 0 Å². The number of nitrogens with one attached hydrogen (secondary N) is 2. The third-order valence-electron chi connectivity index (χ3n) is 4.08. The van der Waals surface area contributed by atoms with E-state index in [0.717, 1.165) is 45.1 Å². The maximum Gasteiger partial charge on any atom is 0.191 e. The van der Waals surface area contributed by atoms with Gasteiger partial charge in [0.25, 0.3) is 0 Å². The summed E-state index contributed by atoms with van der Waals surface area (Å²) in [6.07, 6.45) is 8.67. The molecule has 140 valence electrons. The van der Waals surface area contributed by atoms with Crippen molar-refractivity contribution in [3.8, 4) is 0 Å². The monoisotopic (exact) mass is 346 g/mol. The Balaban J connectivity index is 2.43. The third kappa shape index (κ3) is 8.03. The number of nitrogens with zero attached hydrogens (tertiary/aromatic N) is 4. The lowest BCUT2D eigenvalue weighted by Crippen LogP contribution is -2.49. The summed E-state index contributed by atoms with van der Waals surface area (Å²) < 4.78 is 1.94. The number of hydrogen-bond acceptors (Lipinski definition) is 3. The second-order valence-corrected chi connectivity index (χ2v) is 6.35. The van der Waals surface area contributed by atoms with Gasteiger partial charge < -0.3 is 10.6 Å². The average molecular weight is 347 g/mol. The summed E-state index contributed by atoms with van der Waals surface area (Å²) in [4.78, 5) is 6.70. The normalized spacial score (nSPS) is 13.1. The molecular formula is C19H34N6. The Hall–Kier alpha value is -2.08. The molecule has 0 aromatic carbocycles. The molecule has 0 aliphatic rings. The number of hydrogen-bond donors (Lipinski definition) is 2. The molecule has 0 radical (unpaired) electrons. The van der Waals surface area contributed by atoms with Gasteiger partial charge in [-0.1, -0.05) is 26.0 Å². The van der Waals surface area contributed by atoms with E-state index in [1.165, 1.54) is 0 Å². The van der Waals surface area contributed by atoms with Gasteiger partial charge in [0.2, 0.25) is 0 Å². The van der Waals surface area contributed by atoms with Gasteiger partial charge in [-0.25, -0.2) is 0 Å². The highest BCUT2D eigenvalue weighted by atomic mass is 15.3. The second kappa shape index (κ2) is 12.3. The summed E-state index contributed by atoms with van der Waals surface area (Å²) in [5.74, 6) is 1.36. The van der Waals surface area contributed by atoms with E-state index in [1.807, 2.05) is 29.1 Å². The van der Waals surface area contributed by atoms with Gasteiger partial charge in [-0.3, -0.25) is 14.6 Å². The third-order valence-corrected chi connectivity index (χ3v) is 4.08. The van der Waals surface area contributed by atoms with Crippen molar-refractivity contribution in [1.82, 2.24) is 25.3 Å². The van der Waals surface area contributed by atoms with Gasteiger partial charge in [-0.2, -0.15) is 5.10 Å². The molecule has 0 aliphatic carbocycles. The minimum atomic E-state index is 0.388. The van der Waals surface area contributed by atoms with E-state index in [0.29, 0.717) is 12.0 Å². The van der Waals surface area contributed by atoms with Gasteiger partial charge in [0, 0.05) is 58.2 Å². The van der Waals surface area contributed by atoms with Crippen LogP contribution in [0.3, 0.4) is 0 Å². The van der Waals surface area contributed by atoms with Crippen molar-refractivity contribution in [3.63, 3.8) is 0 Å². The Morgan fingerprint density at radius 1 is 1.28 bits per heavy atom. The lowest BCUT2D eigenvalue weighted by molar-refractivity contribution is 0.190. The quantitative estimate of drug-likeness (QED) is 0.263. The molecule has 1 aromatic rings. The molecule has 0 spiro atoms. The molecule has 25 heavy (non-hydrogen) atoms. The maximum absolute atomic E-state index is 4.32. The fourth-order valence-electron chi connectivity index (χ4n) is 2.77. The Bertz CT molecular complexity index is 496. The molecule has 1 heterocycles. The lowest BCUT2D eigenvalue weighted by Gasteiger charge is -2.33. The van der Waals surface area contributed by atoms with Gasteiger partial charge in [-0.15, -0.1) is 13.2 Å². The number of aliphatic imine (C=N–C) groups is 1. The predicted molar refractivity (Wildman–Crippen MR) is 107 cm³/mol. The molecule has 0 aliphatic heterocycles. The zero-order valence-corrected chi connectivity index (χ0v) is 16.0. The van der Waals surface area contributed by atoms with Crippen LogP contribution in [-0.2, 0) is 6.54 Å². The van der Waals surface area contributed by atoms with Gasteiger partial charge in [0.1, 0.15) is 0 Å². The average Bonchev–Trinajstić information content (AvgIpc) is 3.10. The first-order chi connectivity index (χ1) is 12.1. The fraction of sp³-hybridized carbons (Fsp3) is 0.579. The summed E-state index contributed by atoms with van der Waals surface area (Å²) in [6, 6.07) is 2.33. The van der Waals surface area contributed by atoms with Crippen molar-refractivity contribution in [1.29, 1.82) is 0 Å². The molecule has 1 unspecified atom stereocenters. The van der Waals surface area contributed by atoms with Crippen molar-refractivity contribution in [2.24, 2.45) is 10.9 Å². The van der Waals surface area contributed by atoms with Crippen LogP contribution in [0.2, 0.25) is 0 Å². The summed E-state index contributed by atoms with van der Waals surface area (Å²) >= 11 is 0. The zero-order chi connectivity index (χ0) is 18.5. The molecule has 0 amide bonds. The molecule has 0 bridgehead atoms. The summed E-state index contributed by atoms with van der Waals surface area (Å²) in [6.45, 7) is 16.5. The number of rotatable bonds is 12. The minimum Gasteiger partial charge on any atom is -0.356 e. The molecule has 1 rings (SSSR count). The summed E-state index contributed by atoms with van der Waals surface area (Å²) in [7, 11) is 1.80. The molecule has 1 aromatic heterocycles. The van der Waals surface area contributed by atoms with Crippen molar-refractivity contribution in [2.45, 2.75) is 32.9 Å². The van der Waals surface area contributed by atoms with Gasteiger partial charge in [-0.05, 0) is 18.4 Å². The predicted octanol–water partition coefficient (Wildman–Crippen LogP) is 2.14. The van der Waals surface area contributed by atoms with Crippen molar-refractivity contribution in [3.05, 3.63) is 43.8 Å². The molecule has 6 heteroatoms. The van der Waals surface area contributed by atoms with Crippen molar-refractivity contribution >= 4 is 5.96 Å². The van der Waals surface area contributed by atoms with Gasteiger partial charge in [0.15, 0.2) is 5.96 Å². The van der Waals surface area contributed by atoms with Crippen LogP contribution in [0.5, 0.6) is 0 Å². The number of aryl methyl sites for hydroxylation is 1. The minimum absolute atomic E-state index is 0.388. The topological polar surface area (TPSA) is 57.5 Å². The van der Waals surface area contributed by atoms with Crippen LogP contribution < -0.4 is 10.6 Å². The van der Waals surface area contributed by atoms with Crippen LogP contribution in [0.25, 0.3) is 0 Å². The van der Waals surface area contributed by atoms with E-state index >= 15 is 0 Å². The van der Waals surface area contributed by atoms with Crippen LogP contribution in [0.4, 0.5) is 0 Å². The highest BCUT2D eigenvalue weighted by molar-refractivity contribution is 5.79. The van der Waals surface area contributed by atoms with E-state index in [-0.39, 0.29) is 0 Å². The zero-order valence-electron chi connectivity index (χ0n) is 16.0. The molecule has 0 saturated heterocycles. The molecule has 0 saturated carbocycles. The molecule has 0 fully saturated rings. The number of aromatic nitrogens is 2. The van der Waals surface area contributed by atoms with E-state index in [9.17, 15) is 0 Å². The molecule has 1 atom stereocenters. The van der Waals surface area contributed by atoms with Crippen LogP contribution in [0, 0.1) is 5.92 Å². The SMILES string of the molecule is C=CCN(CC=C)C(CNC(=NC)NCCCn1cccn1)C(C)C. The second-order valence-electron chi connectivity index (χ2n) is 6.35.